The van der Waals surface area contributed by atoms with Gasteiger partial charge in [-0.05, 0) is 25.7 Å². The van der Waals surface area contributed by atoms with Crippen molar-refractivity contribution >= 4 is 6.08 Å². The van der Waals surface area contributed by atoms with Gasteiger partial charge in [0, 0.05) is 7.11 Å². The van der Waals surface area contributed by atoms with Crippen LogP contribution < -0.4 is 0 Å². The Hall–Kier alpha value is -0.660. The number of methoxy groups -OCH3 is 1. The third-order valence-corrected chi connectivity index (χ3v) is 2.17. The van der Waals surface area contributed by atoms with Crippen molar-refractivity contribution in [2.75, 3.05) is 7.11 Å². The van der Waals surface area contributed by atoms with E-state index in [-0.39, 0.29) is 6.04 Å². The molecule has 1 fully saturated rings. The van der Waals surface area contributed by atoms with Gasteiger partial charge in [-0.15, -0.1) is 0 Å². The van der Waals surface area contributed by atoms with Gasteiger partial charge in [-0.2, -0.15) is 0 Å². The van der Waals surface area contributed by atoms with E-state index in [9.17, 15) is 4.79 Å². The topological polar surface area (TPSA) is 38.7 Å². The minimum absolute atomic E-state index is 0.159. The predicted octanol–water partition coefficient (Wildman–Crippen LogP) is 1.28. The molecule has 0 unspecified atom stereocenters. The first kappa shape index (κ1) is 8.44. The standard InChI is InChI=1S/C8H13NO2/c1-11-8-4-2-3-7(5-8)9-6-10/h7-8H,2-5H2,1H3/t7-,8-/m0/s1. The molecule has 1 saturated carbocycles. The number of rotatable bonds is 2. The Balaban J connectivity index is 2.38. The molecule has 0 saturated heterocycles. The first-order chi connectivity index (χ1) is 5.36. The van der Waals surface area contributed by atoms with E-state index in [1.165, 1.54) is 0 Å². The van der Waals surface area contributed by atoms with Gasteiger partial charge in [0.05, 0.1) is 12.1 Å². The normalized spacial score (nSPS) is 31.0. The molecule has 3 nitrogen and oxygen atoms in total. The molecule has 1 aliphatic carbocycles. The van der Waals surface area contributed by atoms with Gasteiger partial charge in [0.2, 0.25) is 6.08 Å². The van der Waals surface area contributed by atoms with Crippen LogP contribution in [0.15, 0.2) is 4.99 Å². The average Bonchev–Trinajstić information content (AvgIpc) is 2.06. The molecule has 0 spiro atoms. The predicted molar refractivity (Wildman–Crippen MR) is 41.2 cm³/mol. The van der Waals surface area contributed by atoms with Gasteiger partial charge in [0.25, 0.3) is 0 Å². The van der Waals surface area contributed by atoms with Crippen molar-refractivity contribution in [3.63, 3.8) is 0 Å². The quantitative estimate of drug-likeness (QED) is 0.445. The summed E-state index contributed by atoms with van der Waals surface area (Å²) in [5.74, 6) is 0. The highest BCUT2D eigenvalue weighted by Crippen LogP contribution is 2.22. The summed E-state index contributed by atoms with van der Waals surface area (Å²) in [5.41, 5.74) is 0. The van der Waals surface area contributed by atoms with Gasteiger partial charge in [-0.3, -0.25) is 0 Å². The molecule has 0 aromatic rings. The molecule has 0 amide bonds. The Kier molecular flexibility index (Phi) is 3.27. The smallest absolute Gasteiger partial charge is 0.235 e. The fraction of sp³-hybridized carbons (Fsp3) is 0.875. The van der Waals surface area contributed by atoms with Crippen LogP contribution in [-0.2, 0) is 9.53 Å². The molecule has 0 aliphatic heterocycles. The van der Waals surface area contributed by atoms with Crippen LogP contribution in [0.25, 0.3) is 0 Å². The van der Waals surface area contributed by atoms with Crippen LogP contribution in [0, 0.1) is 0 Å². The second-order valence-corrected chi connectivity index (χ2v) is 2.90. The van der Waals surface area contributed by atoms with Crippen LogP contribution >= 0.6 is 0 Å². The Morgan fingerprint density at radius 3 is 3.00 bits per heavy atom. The van der Waals surface area contributed by atoms with Crippen LogP contribution in [-0.4, -0.2) is 25.3 Å². The maximum absolute atomic E-state index is 9.94. The number of isocyanates is 1. The summed E-state index contributed by atoms with van der Waals surface area (Å²) in [5, 5.41) is 0. The largest absolute Gasteiger partial charge is 0.381 e. The van der Waals surface area contributed by atoms with Crippen molar-refractivity contribution in [3.8, 4) is 0 Å². The van der Waals surface area contributed by atoms with Crippen molar-refractivity contribution in [2.45, 2.75) is 37.8 Å². The zero-order valence-corrected chi connectivity index (χ0v) is 6.75. The number of carbonyl (C=O) groups excluding carboxylic acids is 1. The van der Waals surface area contributed by atoms with Gasteiger partial charge in [-0.25, -0.2) is 9.79 Å². The fourth-order valence-corrected chi connectivity index (χ4v) is 1.53. The Morgan fingerprint density at radius 2 is 2.36 bits per heavy atom. The lowest BCUT2D eigenvalue weighted by atomic mass is 9.93. The minimum Gasteiger partial charge on any atom is -0.381 e. The molecule has 62 valence electrons. The van der Waals surface area contributed by atoms with E-state index in [1.807, 2.05) is 0 Å². The molecule has 11 heavy (non-hydrogen) atoms. The molecule has 0 radical (unpaired) electrons. The number of hydrogen-bond donors (Lipinski definition) is 0. The molecular weight excluding hydrogens is 142 g/mol. The second-order valence-electron chi connectivity index (χ2n) is 2.90. The van der Waals surface area contributed by atoms with E-state index in [0.717, 1.165) is 25.7 Å². The molecule has 0 aromatic heterocycles. The summed E-state index contributed by atoms with van der Waals surface area (Å²) >= 11 is 0. The summed E-state index contributed by atoms with van der Waals surface area (Å²) in [6, 6.07) is 0.159. The molecule has 0 aromatic carbocycles. The lowest BCUT2D eigenvalue weighted by Crippen LogP contribution is -2.23. The number of ether oxygens (including phenoxy) is 1. The van der Waals surface area contributed by atoms with E-state index in [2.05, 4.69) is 4.99 Å². The van der Waals surface area contributed by atoms with Gasteiger partial charge < -0.3 is 4.74 Å². The highest BCUT2D eigenvalue weighted by atomic mass is 16.5. The Bertz CT molecular complexity index is 163. The maximum atomic E-state index is 9.94. The summed E-state index contributed by atoms with van der Waals surface area (Å²) in [7, 11) is 1.71. The van der Waals surface area contributed by atoms with E-state index >= 15 is 0 Å². The van der Waals surface area contributed by atoms with Crippen LogP contribution in [0.2, 0.25) is 0 Å². The molecule has 1 aliphatic rings. The summed E-state index contributed by atoms with van der Waals surface area (Å²) in [6.45, 7) is 0. The number of nitrogens with zero attached hydrogens (tertiary/aromatic N) is 1. The molecule has 2 atom stereocenters. The third-order valence-electron chi connectivity index (χ3n) is 2.17. The molecule has 0 heterocycles. The van der Waals surface area contributed by atoms with Crippen molar-refractivity contribution < 1.29 is 9.53 Å². The molecular formula is C8H13NO2. The number of hydrogen-bond acceptors (Lipinski definition) is 3. The molecule has 1 rings (SSSR count). The summed E-state index contributed by atoms with van der Waals surface area (Å²) in [6.07, 6.45) is 5.99. The van der Waals surface area contributed by atoms with Crippen LogP contribution in [0.3, 0.4) is 0 Å². The average molecular weight is 155 g/mol. The summed E-state index contributed by atoms with van der Waals surface area (Å²) < 4.78 is 5.18. The van der Waals surface area contributed by atoms with Crippen LogP contribution in [0.5, 0.6) is 0 Å². The van der Waals surface area contributed by atoms with Crippen LogP contribution in [0.1, 0.15) is 25.7 Å². The first-order valence-corrected chi connectivity index (χ1v) is 3.96. The third kappa shape index (κ3) is 2.45. The Morgan fingerprint density at radius 1 is 1.55 bits per heavy atom. The number of aliphatic imine (C=N–C) groups is 1. The van der Waals surface area contributed by atoms with E-state index < -0.39 is 0 Å². The van der Waals surface area contributed by atoms with Crippen molar-refractivity contribution in [2.24, 2.45) is 4.99 Å². The Labute approximate surface area is 66.5 Å². The summed E-state index contributed by atoms with van der Waals surface area (Å²) in [4.78, 5) is 13.6. The lowest BCUT2D eigenvalue weighted by molar-refractivity contribution is 0.0648. The van der Waals surface area contributed by atoms with E-state index in [0.29, 0.717) is 6.10 Å². The van der Waals surface area contributed by atoms with Crippen molar-refractivity contribution in [1.29, 1.82) is 0 Å². The van der Waals surface area contributed by atoms with Crippen molar-refractivity contribution in [1.82, 2.24) is 0 Å². The zero-order valence-electron chi connectivity index (χ0n) is 6.75. The van der Waals surface area contributed by atoms with Crippen LogP contribution in [0.4, 0.5) is 0 Å². The SMILES string of the molecule is CO[C@H]1CCC[C@H](N=C=O)C1. The van der Waals surface area contributed by atoms with E-state index in [1.54, 1.807) is 13.2 Å². The van der Waals surface area contributed by atoms with Gasteiger partial charge in [-0.1, -0.05) is 0 Å². The minimum atomic E-state index is 0.159. The highest BCUT2D eigenvalue weighted by molar-refractivity contribution is 5.33. The zero-order chi connectivity index (χ0) is 8.10. The molecule has 0 N–H and O–H groups in total. The van der Waals surface area contributed by atoms with Gasteiger partial charge >= 0.3 is 0 Å². The highest BCUT2D eigenvalue weighted by Gasteiger charge is 2.20. The second kappa shape index (κ2) is 4.27. The monoisotopic (exact) mass is 155 g/mol. The van der Waals surface area contributed by atoms with E-state index in [4.69, 9.17) is 4.74 Å². The molecule has 3 heteroatoms. The first-order valence-electron chi connectivity index (χ1n) is 3.96. The maximum Gasteiger partial charge on any atom is 0.235 e. The molecule has 0 bridgehead atoms. The fourth-order valence-electron chi connectivity index (χ4n) is 1.53. The van der Waals surface area contributed by atoms with Gasteiger partial charge in [0.1, 0.15) is 0 Å². The van der Waals surface area contributed by atoms with Gasteiger partial charge in [0.15, 0.2) is 0 Å². The lowest BCUT2D eigenvalue weighted by Gasteiger charge is -2.24. The van der Waals surface area contributed by atoms with Crippen molar-refractivity contribution in [3.05, 3.63) is 0 Å².